The van der Waals surface area contributed by atoms with Gasteiger partial charge in [-0.05, 0) is 5.56 Å². The SMILES string of the molecule is COC(=O)[C@@H](N)CSCSCc1ccccc1. The molecule has 0 heterocycles. The van der Waals surface area contributed by atoms with Gasteiger partial charge in [0.1, 0.15) is 6.04 Å². The first-order chi connectivity index (χ1) is 8.24. The molecule has 3 nitrogen and oxygen atoms in total. The van der Waals surface area contributed by atoms with Crippen LogP contribution in [0.4, 0.5) is 0 Å². The van der Waals surface area contributed by atoms with Crippen LogP contribution in [-0.2, 0) is 15.3 Å². The van der Waals surface area contributed by atoms with Crippen molar-refractivity contribution in [2.75, 3.05) is 17.9 Å². The monoisotopic (exact) mass is 271 g/mol. The van der Waals surface area contributed by atoms with Gasteiger partial charge in [0.15, 0.2) is 0 Å². The third kappa shape index (κ3) is 6.00. The summed E-state index contributed by atoms with van der Waals surface area (Å²) < 4.78 is 4.55. The van der Waals surface area contributed by atoms with E-state index in [9.17, 15) is 4.79 Å². The molecule has 0 aliphatic rings. The van der Waals surface area contributed by atoms with Gasteiger partial charge in [-0.25, -0.2) is 0 Å². The number of carbonyl (C=O) groups excluding carboxylic acids is 1. The molecule has 0 unspecified atom stereocenters. The first kappa shape index (κ1) is 14.4. The lowest BCUT2D eigenvalue weighted by Gasteiger charge is -2.08. The van der Waals surface area contributed by atoms with E-state index in [0.717, 1.165) is 10.8 Å². The molecule has 0 fully saturated rings. The largest absolute Gasteiger partial charge is 0.468 e. The Balaban J connectivity index is 2.07. The molecular weight excluding hydrogens is 254 g/mol. The molecule has 1 aromatic carbocycles. The van der Waals surface area contributed by atoms with Crippen LogP contribution in [0.25, 0.3) is 0 Å². The molecule has 0 amide bonds. The number of ether oxygens (including phenoxy) is 1. The molecule has 1 aromatic rings. The highest BCUT2D eigenvalue weighted by atomic mass is 32.2. The summed E-state index contributed by atoms with van der Waals surface area (Å²) in [7, 11) is 1.36. The predicted octanol–water partition coefficient (Wildman–Crippen LogP) is 2.11. The summed E-state index contributed by atoms with van der Waals surface area (Å²) in [6, 6.07) is 9.79. The molecule has 1 atom stereocenters. The first-order valence-electron chi connectivity index (χ1n) is 5.27. The fourth-order valence-corrected chi connectivity index (χ4v) is 3.19. The summed E-state index contributed by atoms with van der Waals surface area (Å²) in [6.07, 6.45) is 0. The zero-order chi connectivity index (χ0) is 12.5. The summed E-state index contributed by atoms with van der Waals surface area (Å²) in [6.45, 7) is 0. The fraction of sp³-hybridized carbons (Fsp3) is 0.417. The highest BCUT2D eigenvalue weighted by Crippen LogP contribution is 2.17. The van der Waals surface area contributed by atoms with Crippen LogP contribution in [0, 0.1) is 0 Å². The maximum absolute atomic E-state index is 11.0. The summed E-state index contributed by atoms with van der Waals surface area (Å²) in [5, 5.41) is 0.930. The fourth-order valence-electron chi connectivity index (χ4n) is 1.19. The lowest BCUT2D eigenvalue weighted by Crippen LogP contribution is -2.33. The summed E-state index contributed by atoms with van der Waals surface area (Å²) in [5.74, 6) is 1.25. The second-order valence-corrected chi connectivity index (χ2v) is 5.83. The Bertz CT molecular complexity index is 333. The van der Waals surface area contributed by atoms with Gasteiger partial charge in [0.25, 0.3) is 0 Å². The third-order valence-electron chi connectivity index (χ3n) is 2.08. The number of benzene rings is 1. The minimum absolute atomic E-state index is 0.342. The number of methoxy groups -OCH3 is 1. The van der Waals surface area contributed by atoms with Gasteiger partial charge in [-0.15, -0.1) is 23.5 Å². The Morgan fingerprint density at radius 2 is 2.06 bits per heavy atom. The van der Waals surface area contributed by atoms with Crippen molar-refractivity contribution < 1.29 is 9.53 Å². The van der Waals surface area contributed by atoms with E-state index in [4.69, 9.17) is 5.73 Å². The van der Waals surface area contributed by atoms with Crippen molar-refractivity contribution in [3.8, 4) is 0 Å². The van der Waals surface area contributed by atoms with Crippen LogP contribution in [0.5, 0.6) is 0 Å². The van der Waals surface area contributed by atoms with Crippen molar-refractivity contribution in [2.45, 2.75) is 11.8 Å². The molecule has 0 aromatic heterocycles. The van der Waals surface area contributed by atoms with E-state index in [2.05, 4.69) is 16.9 Å². The maximum atomic E-state index is 11.0. The standard InChI is InChI=1S/C12H17NO2S2/c1-15-12(14)11(13)8-17-9-16-7-10-5-3-2-4-6-10/h2-6,11H,7-9,13H2,1H3/t11-/m0/s1. The maximum Gasteiger partial charge on any atom is 0.323 e. The van der Waals surface area contributed by atoms with Crippen LogP contribution < -0.4 is 5.73 Å². The van der Waals surface area contributed by atoms with Crippen molar-refractivity contribution in [3.63, 3.8) is 0 Å². The van der Waals surface area contributed by atoms with Crippen molar-refractivity contribution in [1.82, 2.24) is 0 Å². The highest BCUT2D eigenvalue weighted by molar-refractivity contribution is 8.15. The van der Waals surface area contributed by atoms with E-state index in [1.54, 1.807) is 11.8 Å². The minimum atomic E-state index is -0.512. The molecule has 2 N–H and O–H groups in total. The molecule has 94 valence electrons. The number of hydrogen-bond acceptors (Lipinski definition) is 5. The number of esters is 1. The van der Waals surface area contributed by atoms with E-state index in [0.29, 0.717) is 5.75 Å². The van der Waals surface area contributed by atoms with Crippen molar-refractivity contribution in [2.24, 2.45) is 5.73 Å². The van der Waals surface area contributed by atoms with Gasteiger partial charge in [0, 0.05) is 16.6 Å². The molecule has 5 heteroatoms. The molecule has 0 aliphatic carbocycles. The van der Waals surface area contributed by atoms with Gasteiger partial charge < -0.3 is 10.5 Å². The molecule has 0 aliphatic heterocycles. The zero-order valence-electron chi connectivity index (χ0n) is 9.80. The lowest BCUT2D eigenvalue weighted by atomic mass is 10.2. The topological polar surface area (TPSA) is 52.3 Å². The summed E-state index contributed by atoms with van der Waals surface area (Å²) in [5.41, 5.74) is 6.93. The first-order valence-corrected chi connectivity index (χ1v) is 7.58. The van der Waals surface area contributed by atoms with E-state index >= 15 is 0 Å². The van der Waals surface area contributed by atoms with E-state index in [1.165, 1.54) is 12.7 Å². The smallest absolute Gasteiger partial charge is 0.323 e. The Morgan fingerprint density at radius 3 is 2.71 bits per heavy atom. The molecule has 0 radical (unpaired) electrons. The minimum Gasteiger partial charge on any atom is -0.468 e. The quantitative estimate of drug-likeness (QED) is 0.467. The van der Waals surface area contributed by atoms with Gasteiger partial charge in [0.2, 0.25) is 0 Å². The number of hydrogen-bond donors (Lipinski definition) is 1. The lowest BCUT2D eigenvalue weighted by molar-refractivity contribution is -0.141. The summed E-state index contributed by atoms with van der Waals surface area (Å²) in [4.78, 5) is 11.0. The van der Waals surface area contributed by atoms with Crippen LogP contribution in [0.2, 0.25) is 0 Å². The normalized spacial score (nSPS) is 12.1. The number of rotatable bonds is 7. The molecular formula is C12H17NO2S2. The average Bonchev–Trinajstić information content (AvgIpc) is 2.38. The second kappa shape index (κ2) is 8.44. The van der Waals surface area contributed by atoms with Crippen LogP contribution in [0.1, 0.15) is 5.56 Å². The number of thioether (sulfide) groups is 2. The van der Waals surface area contributed by atoms with Crippen LogP contribution in [0.3, 0.4) is 0 Å². The average molecular weight is 271 g/mol. The molecule has 0 saturated heterocycles. The number of nitrogens with two attached hydrogens (primary N) is 1. The molecule has 0 bridgehead atoms. The van der Waals surface area contributed by atoms with E-state index < -0.39 is 6.04 Å². The Kier molecular flexibility index (Phi) is 7.16. The van der Waals surface area contributed by atoms with E-state index in [1.807, 2.05) is 30.0 Å². The Labute approximate surface area is 110 Å². The van der Waals surface area contributed by atoms with E-state index in [-0.39, 0.29) is 5.97 Å². The van der Waals surface area contributed by atoms with Crippen molar-refractivity contribution >= 4 is 29.5 Å². The van der Waals surface area contributed by atoms with Gasteiger partial charge in [-0.3, -0.25) is 4.79 Å². The molecule has 1 rings (SSSR count). The van der Waals surface area contributed by atoms with Crippen LogP contribution >= 0.6 is 23.5 Å². The Hall–Kier alpha value is -0.650. The zero-order valence-corrected chi connectivity index (χ0v) is 11.4. The molecule has 17 heavy (non-hydrogen) atoms. The molecule has 0 saturated carbocycles. The van der Waals surface area contributed by atoms with Crippen LogP contribution in [-0.4, -0.2) is 30.0 Å². The highest BCUT2D eigenvalue weighted by Gasteiger charge is 2.12. The predicted molar refractivity (Wildman–Crippen MR) is 75.1 cm³/mol. The van der Waals surface area contributed by atoms with Gasteiger partial charge in [-0.1, -0.05) is 30.3 Å². The van der Waals surface area contributed by atoms with Gasteiger partial charge in [0.05, 0.1) is 7.11 Å². The molecule has 0 spiro atoms. The number of carbonyl (C=O) groups is 1. The van der Waals surface area contributed by atoms with Crippen molar-refractivity contribution in [3.05, 3.63) is 35.9 Å². The van der Waals surface area contributed by atoms with Crippen LogP contribution in [0.15, 0.2) is 30.3 Å². The van der Waals surface area contributed by atoms with Crippen molar-refractivity contribution in [1.29, 1.82) is 0 Å². The van der Waals surface area contributed by atoms with Gasteiger partial charge >= 0.3 is 5.97 Å². The third-order valence-corrected chi connectivity index (χ3v) is 4.55. The summed E-state index contributed by atoms with van der Waals surface area (Å²) >= 11 is 3.48. The second-order valence-electron chi connectivity index (χ2n) is 3.45. The Morgan fingerprint density at radius 1 is 1.35 bits per heavy atom. The van der Waals surface area contributed by atoms with Gasteiger partial charge in [-0.2, -0.15) is 0 Å².